The number of aliphatic imine (C=N–C) groups is 1. The third kappa shape index (κ3) is 3.62. The summed E-state index contributed by atoms with van der Waals surface area (Å²) in [6.07, 6.45) is 0. The molecule has 0 fully saturated rings. The predicted octanol–water partition coefficient (Wildman–Crippen LogP) is -1.07. The van der Waals surface area contributed by atoms with Crippen molar-refractivity contribution in [1.29, 1.82) is 5.41 Å². The third-order valence-corrected chi connectivity index (χ3v) is 3.20. The number of aliphatic hydroxyl groups is 3. The molecule has 10 heteroatoms. The molecule has 8 N–H and O–H groups in total. The number of benzene rings is 1. The third-order valence-electron chi connectivity index (χ3n) is 3.20. The number of ether oxygens (including phenoxy) is 1. The van der Waals surface area contributed by atoms with Crippen molar-refractivity contribution in [3.05, 3.63) is 12.1 Å². The largest absolute Gasteiger partial charge is 0.489 e. The van der Waals surface area contributed by atoms with Crippen molar-refractivity contribution in [3.8, 4) is 5.75 Å². The zero-order valence-corrected chi connectivity index (χ0v) is 12.9. The van der Waals surface area contributed by atoms with Gasteiger partial charge in [0, 0.05) is 6.07 Å². The smallest absolute Gasteiger partial charge is 0.169 e. The Morgan fingerprint density at radius 3 is 2.54 bits per heavy atom. The number of hydrogen-bond donors (Lipinski definition) is 6. The van der Waals surface area contributed by atoms with Crippen LogP contribution in [0.3, 0.4) is 0 Å². The van der Waals surface area contributed by atoms with Gasteiger partial charge in [0.15, 0.2) is 5.84 Å². The number of amidine groups is 1. The Morgan fingerprint density at radius 2 is 1.92 bits per heavy atom. The summed E-state index contributed by atoms with van der Waals surface area (Å²) in [6, 6.07) is 2.95. The summed E-state index contributed by atoms with van der Waals surface area (Å²) in [5.41, 5.74) is 12.9. The van der Waals surface area contributed by atoms with E-state index in [1.165, 1.54) is 17.1 Å². The topological polar surface area (TPSA) is 174 Å². The number of nitrogens with one attached hydrogen (secondary N) is 1. The summed E-state index contributed by atoms with van der Waals surface area (Å²) in [7, 11) is 0. The van der Waals surface area contributed by atoms with Crippen molar-refractivity contribution >= 4 is 34.3 Å². The van der Waals surface area contributed by atoms with Gasteiger partial charge in [-0.2, -0.15) is 5.10 Å². The van der Waals surface area contributed by atoms with Gasteiger partial charge in [-0.1, -0.05) is 0 Å². The van der Waals surface area contributed by atoms with E-state index in [-0.39, 0.29) is 49.3 Å². The second-order valence-corrected chi connectivity index (χ2v) is 4.88. The van der Waals surface area contributed by atoms with Crippen LogP contribution in [0.1, 0.15) is 0 Å². The Labute approximate surface area is 138 Å². The standard InChI is InChI=1S/C14H20N6O4/c15-8-5-9(16)12(24-4-3-22)6-10(8)18-13-11(7-23)19-20(1-2-21)14(13)17/h5-6,17,21-23H,1-4,7,15-16H2. The highest BCUT2D eigenvalue weighted by Gasteiger charge is 2.28. The molecule has 1 aliphatic heterocycles. The maximum absolute atomic E-state index is 9.40. The Bertz CT molecular complexity index is 688. The second-order valence-electron chi connectivity index (χ2n) is 4.88. The SMILES string of the molecule is N=C1C(=Nc2cc(OCCO)c(N)cc2N)C(CO)=NN1CCO. The Kier molecular flexibility index (Phi) is 5.68. The molecule has 130 valence electrons. The molecule has 2 rings (SSSR count). The number of nitrogens with zero attached hydrogens (tertiary/aromatic N) is 3. The van der Waals surface area contributed by atoms with Crippen molar-refractivity contribution in [1.82, 2.24) is 5.01 Å². The van der Waals surface area contributed by atoms with E-state index in [1.807, 2.05) is 0 Å². The van der Waals surface area contributed by atoms with Crippen LogP contribution in [0, 0.1) is 5.41 Å². The van der Waals surface area contributed by atoms with E-state index < -0.39 is 6.61 Å². The van der Waals surface area contributed by atoms with E-state index in [1.54, 1.807) is 0 Å². The van der Waals surface area contributed by atoms with Crippen LogP contribution in [0.25, 0.3) is 0 Å². The first-order chi connectivity index (χ1) is 11.5. The van der Waals surface area contributed by atoms with Gasteiger partial charge in [-0.3, -0.25) is 5.41 Å². The van der Waals surface area contributed by atoms with Gasteiger partial charge in [0.2, 0.25) is 0 Å². The highest BCUT2D eigenvalue weighted by Crippen LogP contribution is 2.33. The van der Waals surface area contributed by atoms with Gasteiger partial charge in [0.25, 0.3) is 0 Å². The molecular weight excluding hydrogens is 316 g/mol. The minimum Gasteiger partial charge on any atom is -0.489 e. The van der Waals surface area contributed by atoms with E-state index in [9.17, 15) is 5.11 Å². The molecule has 0 aromatic heterocycles. The van der Waals surface area contributed by atoms with Crippen molar-refractivity contribution in [2.24, 2.45) is 10.1 Å². The molecule has 0 saturated carbocycles. The molecule has 1 aromatic rings. The van der Waals surface area contributed by atoms with E-state index in [0.29, 0.717) is 17.1 Å². The number of hydrazone groups is 1. The number of aliphatic hydroxyl groups excluding tert-OH is 3. The maximum Gasteiger partial charge on any atom is 0.169 e. The van der Waals surface area contributed by atoms with E-state index in [4.69, 9.17) is 31.8 Å². The van der Waals surface area contributed by atoms with Crippen molar-refractivity contribution in [2.75, 3.05) is 44.4 Å². The number of nitrogen functional groups attached to an aromatic ring is 2. The van der Waals surface area contributed by atoms with E-state index in [0.717, 1.165) is 0 Å². The van der Waals surface area contributed by atoms with Crippen LogP contribution in [0.15, 0.2) is 22.2 Å². The van der Waals surface area contributed by atoms with Crippen molar-refractivity contribution < 1.29 is 20.1 Å². The summed E-state index contributed by atoms with van der Waals surface area (Å²) in [5, 5.41) is 40.6. The second kappa shape index (κ2) is 7.73. The number of hydrogen-bond acceptors (Lipinski definition) is 9. The average molecular weight is 336 g/mol. The summed E-state index contributed by atoms with van der Waals surface area (Å²) >= 11 is 0. The summed E-state index contributed by atoms with van der Waals surface area (Å²) in [4.78, 5) is 4.29. The molecule has 24 heavy (non-hydrogen) atoms. The monoisotopic (exact) mass is 336 g/mol. The lowest BCUT2D eigenvalue weighted by Crippen LogP contribution is -2.29. The molecule has 0 atom stereocenters. The van der Waals surface area contributed by atoms with E-state index in [2.05, 4.69) is 10.1 Å². The maximum atomic E-state index is 9.40. The Hall–Kier alpha value is -2.69. The quantitative estimate of drug-likeness (QED) is 0.344. The van der Waals surface area contributed by atoms with Gasteiger partial charge in [0.05, 0.1) is 43.4 Å². The normalized spacial score (nSPS) is 16.0. The fourth-order valence-electron chi connectivity index (χ4n) is 2.08. The Morgan fingerprint density at radius 1 is 1.17 bits per heavy atom. The number of β-amino-alcohol motifs (C(OH)–C–C–N with tert-alkyl or cyclic N) is 1. The van der Waals surface area contributed by atoms with Crippen LogP contribution in [0.5, 0.6) is 5.75 Å². The number of nitrogens with two attached hydrogens (primary N) is 2. The summed E-state index contributed by atoms with van der Waals surface area (Å²) in [6.45, 7) is -0.598. The minimum absolute atomic E-state index is 0.0536. The van der Waals surface area contributed by atoms with Crippen molar-refractivity contribution in [2.45, 2.75) is 0 Å². The van der Waals surface area contributed by atoms with Gasteiger partial charge in [-0.05, 0) is 6.07 Å². The van der Waals surface area contributed by atoms with E-state index >= 15 is 0 Å². The van der Waals surface area contributed by atoms with Gasteiger partial charge < -0.3 is 31.5 Å². The lowest BCUT2D eigenvalue weighted by Gasteiger charge is -2.12. The highest BCUT2D eigenvalue weighted by molar-refractivity contribution is 6.70. The molecule has 1 aromatic carbocycles. The van der Waals surface area contributed by atoms with Crippen LogP contribution in [0.2, 0.25) is 0 Å². The Balaban J connectivity index is 2.39. The lowest BCUT2D eigenvalue weighted by molar-refractivity contribution is 0.202. The first-order valence-corrected chi connectivity index (χ1v) is 7.19. The zero-order valence-electron chi connectivity index (χ0n) is 12.9. The molecule has 0 bridgehead atoms. The average Bonchev–Trinajstić information content (AvgIpc) is 2.85. The van der Waals surface area contributed by atoms with Gasteiger partial charge >= 0.3 is 0 Å². The fraction of sp³-hybridized carbons (Fsp3) is 0.357. The summed E-state index contributed by atoms with van der Waals surface area (Å²) < 4.78 is 5.31. The molecule has 0 saturated heterocycles. The molecule has 0 unspecified atom stereocenters. The van der Waals surface area contributed by atoms with Gasteiger partial charge in [0.1, 0.15) is 23.8 Å². The number of anilines is 2. The number of rotatable bonds is 7. The zero-order chi connectivity index (χ0) is 17.7. The van der Waals surface area contributed by atoms with Gasteiger partial charge in [-0.15, -0.1) is 0 Å². The predicted molar refractivity (Wildman–Crippen MR) is 91.0 cm³/mol. The first-order valence-electron chi connectivity index (χ1n) is 7.19. The van der Waals surface area contributed by atoms with Crippen LogP contribution < -0.4 is 16.2 Å². The lowest BCUT2D eigenvalue weighted by atomic mass is 10.2. The molecule has 1 aliphatic rings. The van der Waals surface area contributed by atoms with Gasteiger partial charge in [-0.25, -0.2) is 10.0 Å². The minimum atomic E-state index is -0.411. The molecule has 10 nitrogen and oxygen atoms in total. The molecule has 0 spiro atoms. The first kappa shape index (κ1) is 17.7. The molecule has 1 heterocycles. The van der Waals surface area contributed by atoms with Crippen molar-refractivity contribution in [3.63, 3.8) is 0 Å². The molecule has 0 amide bonds. The van der Waals surface area contributed by atoms with Crippen LogP contribution >= 0.6 is 0 Å². The van der Waals surface area contributed by atoms with Crippen LogP contribution in [-0.4, -0.2) is 70.6 Å². The van der Waals surface area contributed by atoms with Crippen LogP contribution in [-0.2, 0) is 0 Å². The molecule has 0 aliphatic carbocycles. The highest BCUT2D eigenvalue weighted by atomic mass is 16.5. The molecular formula is C14H20N6O4. The van der Waals surface area contributed by atoms with Crippen LogP contribution in [0.4, 0.5) is 17.1 Å². The summed E-state index contributed by atoms with van der Waals surface area (Å²) in [5.74, 6) is 0.249. The molecule has 0 radical (unpaired) electrons. The fourth-order valence-corrected chi connectivity index (χ4v) is 2.08.